The lowest BCUT2D eigenvalue weighted by atomic mass is 10.6. The molecule has 0 aliphatic heterocycles. The van der Waals surface area contributed by atoms with E-state index in [1.165, 1.54) is 0 Å². The summed E-state index contributed by atoms with van der Waals surface area (Å²) in [6, 6.07) is 0. The van der Waals surface area contributed by atoms with Crippen molar-refractivity contribution in [3.05, 3.63) is 24.0 Å². The third-order valence-corrected chi connectivity index (χ3v) is 2.48. The van der Waals surface area contributed by atoms with Gasteiger partial charge in [-0.3, -0.25) is 4.68 Å². The smallest absolute Gasteiger partial charge is 0.170 e. The Morgan fingerprint density at radius 1 is 1.38 bits per heavy atom. The monoisotopic (exact) mass is 221 g/mol. The number of hydrogen-bond acceptors (Lipinski definition) is 4. The maximum absolute atomic E-state index is 5.56. The lowest BCUT2D eigenvalue weighted by molar-refractivity contribution is 0.290. The van der Waals surface area contributed by atoms with Gasteiger partial charge in [0, 0.05) is 13.6 Å². The molecule has 0 unspecified atom stereocenters. The first kappa shape index (κ1) is 10.7. The number of aromatic nitrogens is 5. The Balaban J connectivity index is 1.99. The maximum atomic E-state index is 5.56. The Hall–Kier alpha value is -1.85. The molecule has 0 atom stereocenters. The van der Waals surface area contributed by atoms with E-state index in [4.69, 9.17) is 4.74 Å². The summed E-state index contributed by atoms with van der Waals surface area (Å²) in [5, 5.41) is 12.1. The van der Waals surface area contributed by atoms with Crippen LogP contribution >= 0.6 is 0 Å². The molecule has 16 heavy (non-hydrogen) atoms. The van der Waals surface area contributed by atoms with Gasteiger partial charge >= 0.3 is 0 Å². The molecule has 0 spiro atoms. The molecule has 0 saturated heterocycles. The zero-order valence-corrected chi connectivity index (χ0v) is 9.71. The highest BCUT2D eigenvalue weighted by molar-refractivity contribution is 5.11. The lowest BCUT2D eigenvalue weighted by Crippen LogP contribution is -2.04. The Labute approximate surface area is 93.9 Å². The summed E-state index contributed by atoms with van der Waals surface area (Å²) in [5.74, 6) is 2.44. The highest BCUT2D eigenvalue weighted by Crippen LogP contribution is 2.10. The molecule has 0 aromatic carbocycles. The van der Waals surface area contributed by atoms with Gasteiger partial charge in [-0.05, 0) is 13.8 Å². The Kier molecular flexibility index (Phi) is 2.89. The largest absolute Gasteiger partial charge is 0.482 e. The van der Waals surface area contributed by atoms with Gasteiger partial charge in [0.05, 0.1) is 12.4 Å². The van der Waals surface area contributed by atoms with Crippen LogP contribution in [0.25, 0.3) is 0 Å². The first-order valence-corrected chi connectivity index (χ1v) is 5.21. The zero-order valence-electron chi connectivity index (χ0n) is 9.71. The van der Waals surface area contributed by atoms with E-state index in [0.29, 0.717) is 6.61 Å². The standard InChI is InChI=1S/C10H15N5O/c1-4-15-6-9(5-11-15)16-7-10-13-12-8(2)14(10)3/h5-6H,4,7H2,1-3H3. The van der Waals surface area contributed by atoms with Crippen molar-refractivity contribution >= 4 is 0 Å². The van der Waals surface area contributed by atoms with Crippen LogP contribution in [0.4, 0.5) is 0 Å². The van der Waals surface area contributed by atoms with Gasteiger partial charge in [0.1, 0.15) is 12.4 Å². The number of rotatable bonds is 4. The van der Waals surface area contributed by atoms with Crippen molar-refractivity contribution in [2.75, 3.05) is 0 Å². The van der Waals surface area contributed by atoms with Crippen molar-refractivity contribution < 1.29 is 4.74 Å². The van der Waals surface area contributed by atoms with Crippen LogP contribution in [0.15, 0.2) is 12.4 Å². The molecule has 0 aliphatic rings. The second kappa shape index (κ2) is 4.34. The molecule has 0 bridgehead atoms. The van der Waals surface area contributed by atoms with E-state index in [1.807, 2.05) is 36.3 Å². The zero-order chi connectivity index (χ0) is 11.5. The van der Waals surface area contributed by atoms with Crippen molar-refractivity contribution in [2.45, 2.75) is 27.0 Å². The molecular formula is C10H15N5O. The second-order valence-electron chi connectivity index (χ2n) is 3.54. The van der Waals surface area contributed by atoms with Gasteiger partial charge in [-0.25, -0.2) is 0 Å². The van der Waals surface area contributed by atoms with E-state index in [9.17, 15) is 0 Å². The molecule has 2 rings (SSSR count). The predicted molar refractivity (Wildman–Crippen MR) is 58.0 cm³/mol. The van der Waals surface area contributed by atoms with Crippen molar-refractivity contribution in [1.29, 1.82) is 0 Å². The van der Waals surface area contributed by atoms with E-state index in [0.717, 1.165) is 23.9 Å². The van der Waals surface area contributed by atoms with Crippen molar-refractivity contribution in [3.8, 4) is 5.75 Å². The highest BCUT2D eigenvalue weighted by Gasteiger charge is 2.06. The summed E-state index contributed by atoms with van der Waals surface area (Å²) in [7, 11) is 1.92. The first-order chi connectivity index (χ1) is 7.70. The highest BCUT2D eigenvalue weighted by atomic mass is 16.5. The van der Waals surface area contributed by atoms with Gasteiger partial charge < -0.3 is 9.30 Å². The molecule has 0 aliphatic carbocycles. The fourth-order valence-corrected chi connectivity index (χ4v) is 1.32. The molecule has 86 valence electrons. The van der Waals surface area contributed by atoms with Crippen LogP contribution in [0, 0.1) is 6.92 Å². The molecule has 2 aromatic rings. The van der Waals surface area contributed by atoms with Crippen LogP contribution in [0.3, 0.4) is 0 Å². The summed E-state index contributed by atoms with van der Waals surface area (Å²) in [6.07, 6.45) is 3.57. The van der Waals surface area contributed by atoms with Gasteiger partial charge in [0.15, 0.2) is 11.6 Å². The Morgan fingerprint density at radius 2 is 2.19 bits per heavy atom. The van der Waals surface area contributed by atoms with Crippen molar-refractivity contribution in [1.82, 2.24) is 24.5 Å². The molecule has 0 N–H and O–H groups in total. The molecule has 2 aromatic heterocycles. The molecule has 6 nitrogen and oxygen atoms in total. The van der Waals surface area contributed by atoms with Crippen LogP contribution in [-0.2, 0) is 20.2 Å². The normalized spacial score (nSPS) is 10.7. The fraction of sp³-hybridized carbons (Fsp3) is 0.500. The summed E-state index contributed by atoms with van der Waals surface area (Å²) in [6.45, 7) is 5.19. The fourth-order valence-electron chi connectivity index (χ4n) is 1.32. The molecule has 0 fully saturated rings. The lowest BCUT2D eigenvalue weighted by Gasteiger charge is -2.02. The van der Waals surface area contributed by atoms with Crippen LogP contribution in [0.5, 0.6) is 5.75 Å². The summed E-state index contributed by atoms with van der Waals surface area (Å²) in [4.78, 5) is 0. The van der Waals surface area contributed by atoms with E-state index < -0.39 is 0 Å². The maximum Gasteiger partial charge on any atom is 0.170 e. The van der Waals surface area contributed by atoms with Crippen molar-refractivity contribution in [2.24, 2.45) is 7.05 Å². The van der Waals surface area contributed by atoms with Crippen molar-refractivity contribution in [3.63, 3.8) is 0 Å². The van der Waals surface area contributed by atoms with Gasteiger partial charge in [-0.15, -0.1) is 10.2 Å². The van der Waals surface area contributed by atoms with Crippen LogP contribution in [0.2, 0.25) is 0 Å². The summed E-state index contributed by atoms with van der Waals surface area (Å²) < 4.78 is 9.29. The molecule has 0 saturated carbocycles. The average molecular weight is 221 g/mol. The topological polar surface area (TPSA) is 57.8 Å². The second-order valence-corrected chi connectivity index (χ2v) is 3.54. The van der Waals surface area contributed by atoms with E-state index >= 15 is 0 Å². The minimum absolute atomic E-state index is 0.409. The third kappa shape index (κ3) is 2.05. The number of aryl methyl sites for hydroxylation is 2. The number of hydrogen-bond donors (Lipinski definition) is 0. The molecule has 0 amide bonds. The van der Waals surface area contributed by atoms with Crippen LogP contribution in [0.1, 0.15) is 18.6 Å². The molecule has 0 radical (unpaired) electrons. The number of ether oxygens (including phenoxy) is 1. The minimum atomic E-state index is 0.409. The van der Waals surface area contributed by atoms with E-state index in [-0.39, 0.29) is 0 Å². The van der Waals surface area contributed by atoms with E-state index in [2.05, 4.69) is 15.3 Å². The molecular weight excluding hydrogens is 206 g/mol. The van der Waals surface area contributed by atoms with Gasteiger partial charge in [0.25, 0.3) is 0 Å². The molecule has 2 heterocycles. The number of nitrogens with zero attached hydrogens (tertiary/aromatic N) is 5. The average Bonchev–Trinajstić information content (AvgIpc) is 2.86. The Morgan fingerprint density at radius 3 is 2.75 bits per heavy atom. The summed E-state index contributed by atoms with van der Waals surface area (Å²) >= 11 is 0. The summed E-state index contributed by atoms with van der Waals surface area (Å²) in [5.41, 5.74) is 0. The predicted octanol–water partition coefficient (Wildman–Crippen LogP) is 0.919. The third-order valence-electron chi connectivity index (χ3n) is 2.48. The Bertz CT molecular complexity index is 473. The van der Waals surface area contributed by atoms with Crippen LogP contribution < -0.4 is 4.74 Å². The molecule has 6 heteroatoms. The van der Waals surface area contributed by atoms with Gasteiger partial charge in [-0.1, -0.05) is 0 Å². The van der Waals surface area contributed by atoms with Crippen LogP contribution in [-0.4, -0.2) is 24.5 Å². The van der Waals surface area contributed by atoms with E-state index in [1.54, 1.807) is 6.20 Å². The van der Waals surface area contributed by atoms with Gasteiger partial charge in [-0.2, -0.15) is 5.10 Å². The van der Waals surface area contributed by atoms with Gasteiger partial charge in [0.2, 0.25) is 0 Å². The SMILES string of the molecule is CCn1cc(OCc2nnc(C)n2C)cn1. The minimum Gasteiger partial charge on any atom is -0.482 e. The quantitative estimate of drug-likeness (QED) is 0.770. The first-order valence-electron chi connectivity index (χ1n) is 5.21.